The molecule has 0 saturated carbocycles. The second-order valence-corrected chi connectivity index (χ2v) is 6.25. The Kier molecular flexibility index (Phi) is 4.81. The van der Waals surface area contributed by atoms with Gasteiger partial charge in [-0.2, -0.15) is 5.10 Å². The highest BCUT2D eigenvalue weighted by molar-refractivity contribution is 9.11. The zero-order valence-corrected chi connectivity index (χ0v) is 14.1. The highest BCUT2D eigenvalue weighted by Crippen LogP contribution is 2.29. The Morgan fingerprint density at radius 3 is 2.74 bits per heavy atom. The van der Waals surface area contributed by atoms with Crippen LogP contribution in [0.4, 0.5) is 0 Å². The molecule has 0 amide bonds. The van der Waals surface area contributed by atoms with Gasteiger partial charge in [0.1, 0.15) is 0 Å². The highest BCUT2D eigenvalue weighted by Gasteiger charge is 2.15. The van der Waals surface area contributed by atoms with Crippen molar-refractivity contribution in [2.45, 2.75) is 32.9 Å². The van der Waals surface area contributed by atoms with Crippen LogP contribution < -0.4 is 0 Å². The van der Waals surface area contributed by atoms with E-state index in [-0.39, 0.29) is 0 Å². The summed E-state index contributed by atoms with van der Waals surface area (Å²) < 4.78 is 3.82. The molecule has 2 rings (SSSR count). The van der Waals surface area contributed by atoms with E-state index in [1.54, 1.807) is 0 Å². The number of aliphatic hydroxyl groups is 1. The summed E-state index contributed by atoms with van der Waals surface area (Å²) in [5, 5.41) is 14.8. The largest absolute Gasteiger partial charge is 0.388 e. The van der Waals surface area contributed by atoms with E-state index < -0.39 is 6.10 Å². The van der Waals surface area contributed by atoms with Gasteiger partial charge in [-0.15, -0.1) is 0 Å². The zero-order valence-electron chi connectivity index (χ0n) is 10.9. The molecule has 0 bridgehead atoms. The molecular formula is C14H16Br2N2O. The van der Waals surface area contributed by atoms with Crippen LogP contribution in [0.1, 0.15) is 30.0 Å². The lowest BCUT2D eigenvalue weighted by atomic mass is 10.0. The fourth-order valence-electron chi connectivity index (χ4n) is 2.12. The lowest BCUT2D eigenvalue weighted by molar-refractivity contribution is 0.174. The summed E-state index contributed by atoms with van der Waals surface area (Å²) in [5.74, 6) is 0. The van der Waals surface area contributed by atoms with E-state index in [1.807, 2.05) is 35.9 Å². The molecule has 102 valence electrons. The van der Waals surface area contributed by atoms with Crippen LogP contribution in [0.15, 0.2) is 33.2 Å². The molecule has 0 saturated heterocycles. The van der Waals surface area contributed by atoms with Gasteiger partial charge in [-0.1, -0.05) is 31.9 Å². The third kappa shape index (κ3) is 3.46. The van der Waals surface area contributed by atoms with Crippen LogP contribution >= 0.6 is 31.9 Å². The smallest absolute Gasteiger partial charge is 0.0856 e. The summed E-state index contributed by atoms with van der Waals surface area (Å²) in [6.45, 7) is 4.84. The lowest BCUT2D eigenvalue weighted by Gasteiger charge is -2.14. The van der Waals surface area contributed by atoms with Gasteiger partial charge >= 0.3 is 0 Å². The molecule has 3 nitrogen and oxygen atoms in total. The van der Waals surface area contributed by atoms with Gasteiger partial charge in [0, 0.05) is 27.6 Å². The second kappa shape index (κ2) is 6.20. The standard InChI is InChI=1S/C14H16Br2N2O/c1-3-18-11(6-9(2)17-18)8-14(19)12-7-10(15)4-5-13(12)16/h4-7,14,19H,3,8H2,1-2H3. The molecule has 1 unspecified atom stereocenters. The number of hydrogen-bond acceptors (Lipinski definition) is 2. The van der Waals surface area contributed by atoms with Crippen molar-refractivity contribution < 1.29 is 5.11 Å². The number of aromatic nitrogens is 2. The predicted octanol–water partition coefficient (Wildman–Crippen LogP) is 4.01. The molecule has 1 aromatic heterocycles. The Balaban J connectivity index is 2.25. The van der Waals surface area contributed by atoms with Crippen LogP contribution in [0.5, 0.6) is 0 Å². The Morgan fingerprint density at radius 1 is 1.32 bits per heavy atom. The summed E-state index contributed by atoms with van der Waals surface area (Å²) in [6, 6.07) is 7.85. The maximum atomic E-state index is 10.4. The SMILES string of the molecule is CCn1nc(C)cc1CC(O)c1cc(Br)ccc1Br. The fourth-order valence-corrected chi connectivity index (χ4v) is 3.00. The van der Waals surface area contributed by atoms with Crippen LogP contribution in [0.2, 0.25) is 0 Å². The summed E-state index contributed by atoms with van der Waals surface area (Å²) in [4.78, 5) is 0. The minimum Gasteiger partial charge on any atom is -0.388 e. The van der Waals surface area contributed by atoms with Crippen molar-refractivity contribution >= 4 is 31.9 Å². The van der Waals surface area contributed by atoms with Crippen molar-refractivity contribution in [1.29, 1.82) is 0 Å². The van der Waals surface area contributed by atoms with Gasteiger partial charge in [0.25, 0.3) is 0 Å². The molecule has 1 heterocycles. The third-order valence-corrected chi connectivity index (χ3v) is 4.22. The van der Waals surface area contributed by atoms with Gasteiger partial charge in [0.05, 0.1) is 11.8 Å². The Hall–Kier alpha value is -0.650. The van der Waals surface area contributed by atoms with E-state index in [2.05, 4.69) is 43.9 Å². The molecule has 0 aliphatic heterocycles. The Bertz CT molecular complexity index is 581. The Morgan fingerprint density at radius 2 is 2.05 bits per heavy atom. The maximum absolute atomic E-state index is 10.4. The molecule has 1 aromatic carbocycles. The molecule has 5 heteroatoms. The molecule has 0 fully saturated rings. The minimum atomic E-state index is -0.548. The van der Waals surface area contributed by atoms with Crippen LogP contribution in [-0.2, 0) is 13.0 Å². The fraction of sp³-hybridized carbons (Fsp3) is 0.357. The molecular weight excluding hydrogens is 372 g/mol. The van der Waals surface area contributed by atoms with E-state index in [1.165, 1.54) is 0 Å². The van der Waals surface area contributed by atoms with E-state index >= 15 is 0 Å². The quantitative estimate of drug-likeness (QED) is 0.860. The van der Waals surface area contributed by atoms with Crippen molar-refractivity contribution in [3.63, 3.8) is 0 Å². The first-order valence-corrected chi connectivity index (χ1v) is 7.76. The summed E-state index contributed by atoms with van der Waals surface area (Å²) in [7, 11) is 0. The monoisotopic (exact) mass is 386 g/mol. The van der Waals surface area contributed by atoms with Crippen LogP contribution in [0.25, 0.3) is 0 Å². The number of nitrogens with zero attached hydrogens (tertiary/aromatic N) is 2. The molecule has 2 aromatic rings. The minimum absolute atomic E-state index is 0.548. The van der Waals surface area contributed by atoms with E-state index in [4.69, 9.17) is 0 Å². The summed E-state index contributed by atoms with van der Waals surface area (Å²) in [6.07, 6.45) is 0.0114. The molecule has 0 aliphatic carbocycles. The Labute approximate surface area is 129 Å². The van der Waals surface area contributed by atoms with Gasteiger partial charge in [-0.05, 0) is 43.7 Å². The number of hydrogen-bond donors (Lipinski definition) is 1. The first-order chi connectivity index (χ1) is 9.01. The molecule has 19 heavy (non-hydrogen) atoms. The van der Waals surface area contributed by atoms with Crippen molar-refractivity contribution in [3.05, 3.63) is 50.2 Å². The number of aryl methyl sites for hydroxylation is 2. The van der Waals surface area contributed by atoms with Gasteiger partial charge < -0.3 is 5.11 Å². The number of aliphatic hydroxyl groups excluding tert-OH is 1. The lowest BCUT2D eigenvalue weighted by Crippen LogP contribution is -2.09. The van der Waals surface area contributed by atoms with Crippen molar-refractivity contribution in [3.8, 4) is 0 Å². The van der Waals surface area contributed by atoms with Crippen molar-refractivity contribution in [2.75, 3.05) is 0 Å². The van der Waals surface area contributed by atoms with E-state index in [9.17, 15) is 5.11 Å². The van der Waals surface area contributed by atoms with Gasteiger partial charge in [0.2, 0.25) is 0 Å². The average molecular weight is 388 g/mol. The predicted molar refractivity (Wildman–Crippen MR) is 83.1 cm³/mol. The summed E-state index contributed by atoms with van der Waals surface area (Å²) in [5.41, 5.74) is 2.92. The zero-order chi connectivity index (χ0) is 14.0. The first kappa shape index (κ1) is 14.8. The third-order valence-electron chi connectivity index (χ3n) is 3.00. The maximum Gasteiger partial charge on any atom is 0.0856 e. The van der Waals surface area contributed by atoms with Crippen LogP contribution in [0, 0.1) is 6.92 Å². The number of rotatable bonds is 4. The average Bonchev–Trinajstić information content (AvgIpc) is 2.72. The van der Waals surface area contributed by atoms with Crippen molar-refractivity contribution in [1.82, 2.24) is 9.78 Å². The van der Waals surface area contributed by atoms with Gasteiger partial charge in [-0.3, -0.25) is 4.68 Å². The molecule has 1 N–H and O–H groups in total. The van der Waals surface area contributed by atoms with E-state index in [0.717, 1.165) is 32.4 Å². The van der Waals surface area contributed by atoms with E-state index in [0.29, 0.717) is 6.42 Å². The summed E-state index contributed by atoms with van der Waals surface area (Å²) >= 11 is 6.91. The van der Waals surface area contributed by atoms with Crippen LogP contribution in [-0.4, -0.2) is 14.9 Å². The first-order valence-electron chi connectivity index (χ1n) is 6.17. The molecule has 1 atom stereocenters. The molecule has 0 radical (unpaired) electrons. The molecule has 0 spiro atoms. The normalized spacial score (nSPS) is 12.7. The second-order valence-electron chi connectivity index (χ2n) is 4.48. The highest BCUT2D eigenvalue weighted by atomic mass is 79.9. The van der Waals surface area contributed by atoms with Gasteiger partial charge in [-0.25, -0.2) is 0 Å². The topological polar surface area (TPSA) is 38.0 Å². The molecule has 0 aliphatic rings. The number of benzene rings is 1. The number of halogens is 2. The van der Waals surface area contributed by atoms with Crippen molar-refractivity contribution in [2.24, 2.45) is 0 Å². The van der Waals surface area contributed by atoms with Gasteiger partial charge in [0.15, 0.2) is 0 Å². The van der Waals surface area contributed by atoms with Crippen LogP contribution in [0.3, 0.4) is 0 Å².